The Morgan fingerprint density at radius 2 is 1.43 bits per heavy atom. The van der Waals surface area contributed by atoms with Crippen molar-refractivity contribution in [2.75, 3.05) is 0 Å². The standard InChI is InChI=1S/C16H12N2O7S2.H2O/c19-13-7-6-10-8-12(26(20,21)22)9-14(27(23,24)25)15(10)16(13)18-17-11-4-2-1-3-5-11;/h1-9,19H,(H,20,21,22)(H,23,24,25);1H2. The van der Waals surface area contributed by atoms with E-state index in [9.17, 15) is 31.0 Å². The number of hydrogen-bond donors (Lipinski definition) is 3. The molecule has 0 spiro atoms. The van der Waals surface area contributed by atoms with E-state index in [1.54, 1.807) is 30.3 Å². The number of phenols is 1. The van der Waals surface area contributed by atoms with E-state index in [0.717, 1.165) is 12.1 Å². The molecule has 0 amide bonds. The minimum atomic E-state index is -4.92. The molecule has 12 heteroatoms. The number of azo groups is 1. The summed E-state index contributed by atoms with van der Waals surface area (Å²) >= 11 is 0. The maximum absolute atomic E-state index is 11.8. The van der Waals surface area contributed by atoms with Crippen molar-refractivity contribution in [3.8, 4) is 5.75 Å². The van der Waals surface area contributed by atoms with Gasteiger partial charge in [-0.2, -0.15) is 21.9 Å². The van der Waals surface area contributed by atoms with Gasteiger partial charge in [0, 0.05) is 5.39 Å². The second kappa shape index (κ2) is 7.61. The van der Waals surface area contributed by atoms with Crippen LogP contribution in [-0.4, -0.2) is 36.5 Å². The van der Waals surface area contributed by atoms with Gasteiger partial charge in [0.2, 0.25) is 0 Å². The number of rotatable bonds is 4. The minimum absolute atomic E-state index is 0. The van der Waals surface area contributed by atoms with Crippen LogP contribution in [0.2, 0.25) is 0 Å². The van der Waals surface area contributed by atoms with E-state index in [-0.39, 0.29) is 21.9 Å². The molecule has 0 radical (unpaired) electrons. The molecule has 0 atom stereocenters. The molecule has 0 saturated carbocycles. The van der Waals surface area contributed by atoms with Gasteiger partial charge in [-0.1, -0.05) is 24.3 Å². The fourth-order valence-electron chi connectivity index (χ4n) is 2.43. The van der Waals surface area contributed by atoms with Gasteiger partial charge >= 0.3 is 0 Å². The molecular weight excluding hydrogens is 412 g/mol. The first-order valence-electron chi connectivity index (χ1n) is 7.29. The zero-order valence-corrected chi connectivity index (χ0v) is 15.5. The lowest BCUT2D eigenvalue weighted by Crippen LogP contribution is -2.04. The molecule has 0 aliphatic rings. The Bertz CT molecular complexity index is 1270. The third kappa shape index (κ3) is 4.32. The van der Waals surface area contributed by atoms with Gasteiger partial charge in [-0.15, -0.1) is 5.11 Å². The van der Waals surface area contributed by atoms with Crippen molar-refractivity contribution in [2.45, 2.75) is 9.79 Å². The molecule has 0 aliphatic heterocycles. The highest BCUT2D eigenvalue weighted by Gasteiger charge is 2.23. The summed E-state index contributed by atoms with van der Waals surface area (Å²) in [5, 5.41) is 17.6. The van der Waals surface area contributed by atoms with Crippen molar-refractivity contribution in [1.82, 2.24) is 0 Å². The van der Waals surface area contributed by atoms with Crippen LogP contribution in [0, 0.1) is 0 Å². The summed E-state index contributed by atoms with van der Waals surface area (Å²) in [5.41, 5.74) is 0.128. The Labute approximate surface area is 159 Å². The Balaban J connectivity index is 0.00000280. The molecule has 0 aliphatic carbocycles. The maximum atomic E-state index is 11.8. The minimum Gasteiger partial charge on any atom is -0.506 e. The Kier molecular flexibility index (Phi) is 5.82. The molecule has 10 nitrogen and oxygen atoms in total. The van der Waals surface area contributed by atoms with Gasteiger partial charge in [0.05, 0.1) is 10.6 Å². The van der Waals surface area contributed by atoms with E-state index in [0.29, 0.717) is 11.8 Å². The first kappa shape index (κ1) is 21.4. The number of nitrogens with zero attached hydrogens (tertiary/aromatic N) is 2. The van der Waals surface area contributed by atoms with Gasteiger partial charge in [-0.25, -0.2) is 0 Å². The summed E-state index contributed by atoms with van der Waals surface area (Å²) in [6.45, 7) is 0. The van der Waals surface area contributed by atoms with Crippen LogP contribution < -0.4 is 0 Å². The molecule has 5 N–H and O–H groups in total. The topological polar surface area (TPSA) is 185 Å². The van der Waals surface area contributed by atoms with Gasteiger partial charge < -0.3 is 10.6 Å². The average Bonchev–Trinajstić information content (AvgIpc) is 2.59. The fraction of sp³-hybridized carbons (Fsp3) is 0. The van der Waals surface area contributed by atoms with Crippen molar-refractivity contribution >= 4 is 42.4 Å². The van der Waals surface area contributed by atoms with Crippen molar-refractivity contribution in [2.24, 2.45) is 10.2 Å². The summed E-state index contributed by atoms with van der Waals surface area (Å²) in [5.74, 6) is -0.438. The van der Waals surface area contributed by atoms with Crippen molar-refractivity contribution < 1.29 is 36.5 Å². The van der Waals surface area contributed by atoms with Crippen LogP contribution in [0.25, 0.3) is 10.8 Å². The highest BCUT2D eigenvalue weighted by molar-refractivity contribution is 7.86. The van der Waals surface area contributed by atoms with Crippen LogP contribution in [0.15, 0.2) is 74.6 Å². The predicted molar refractivity (Wildman–Crippen MR) is 99.5 cm³/mol. The Morgan fingerprint density at radius 3 is 2.00 bits per heavy atom. The highest BCUT2D eigenvalue weighted by atomic mass is 32.2. The van der Waals surface area contributed by atoms with E-state index in [1.807, 2.05) is 0 Å². The van der Waals surface area contributed by atoms with Crippen molar-refractivity contribution in [3.05, 3.63) is 54.6 Å². The summed E-state index contributed by atoms with van der Waals surface area (Å²) in [6, 6.07) is 12.3. The molecule has 0 saturated heterocycles. The molecule has 0 unspecified atom stereocenters. The third-order valence-electron chi connectivity index (χ3n) is 3.60. The van der Waals surface area contributed by atoms with Crippen LogP contribution in [0.3, 0.4) is 0 Å². The van der Waals surface area contributed by atoms with E-state index in [1.165, 1.54) is 6.07 Å². The first-order valence-corrected chi connectivity index (χ1v) is 10.2. The van der Waals surface area contributed by atoms with Crippen molar-refractivity contribution in [1.29, 1.82) is 0 Å². The molecule has 0 heterocycles. The van der Waals surface area contributed by atoms with Crippen LogP contribution in [0.1, 0.15) is 0 Å². The molecule has 3 aromatic rings. The fourth-order valence-corrected chi connectivity index (χ4v) is 3.79. The van der Waals surface area contributed by atoms with Crippen molar-refractivity contribution in [3.63, 3.8) is 0 Å². The lowest BCUT2D eigenvalue weighted by molar-refractivity contribution is 0.477. The number of hydrogen-bond acceptors (Lipinski definition) is 7. The quantitative estimate of drug-likeness (QED) is 0.422. The second-order valence-corrected chi connectivity index (χ2v) is 8.25. The van der Waals surface area contributed by atoms with E-state index in [4.69, 9.17) is 0 Å². The molecule has 3 rings (SSSR count). The molecule has 0 aromatic heterocycles. The molecule has 148 valence electrons. The Hall–Kier alpha value is -2.90. The number of aromatic hydroxyl groups is 1. The highest BCUT2D eigenvalue weighted by Crippen LogP contribution is 2.40. The van der Waals surface area contributed by atoms with Crippen LogP contribution in [-0.2, 0) is 20.2 Å². The molecule has 0 fully saturated rings. The lowest BCUT2D eigenvalue weighted by atomic mass is 10.1. The van der Waals surface area contributed by atoms with Gasteiger partial charge in [0.1, 0.15) is 16.3 Å². The zero-order chi connectivity index (χ0) is 19.8. The molecular formula is C16H14N2O8S2. The predicted octanol–water partition coefficient (Wildman–Crippen LogP) is 2.63. The summed E-state index contributed by atoms with van der Waals surface area (Å²) in [6.07, 6.45) is 0. The van der Waals surface area contributed by atoms with Crippen LogP contribution in [0.4, 0.5) is 11.4 Å². The summed E-state index contributed by atoms with van der Waals surface area (Å²) < 4.78 is 65.1. The smallest absolute Gasteiger partial charge is 0.295 e. The summed E-state index contributed by atoms with van der Waals surface area (Å²) in [7, 11) is -9.67. The summed E-state index contributed by atoms with van der Waals surface area (Å²) in [4.78, 5) is -1.58. The van der Waals surface area contributed by atoms with Gasteiger partial charge in [-0.05, 0) is 35.7 Å². The first-order chi connectivity index (χ1) is 12.6. The maximum Gasteiger partial charge on any atom is 0.295 e. The molecule has 28 heavy (non-hydrogen) atoms. The second-order valence-electron chi connectivity index (χ2n) is 5.44. The SMILES string of the molecule is O.O=S(=O)(O)c1cc(S(=O)(=O)O)c2c(N=Nc3ccccc3)c(O)ccc2c1. The van der Waals surface area contributed by atoms with Crippen LogP contribution in [0.5, 0.6) is 5.75 Å². The third-order valence-corrected chi connectivity index (χ3v) is 5.31. The molecule has 3 aromatic carbocycles. The van der Waals surface area contributed by atoms with E-state index < -0.39 is 35.8 Å². The number of fused-ring (bicyclic) bond motifs is 1. The molecule has 0 bridgehead atoms. The monoisotopic (exact) mass is 426 g/mol. The van der Waals surface area contributed by atoms with Crippen LogP contribution >= 0.6 is 0 Å². The largest absolute Gasteiger partial charge is 0.506 e. The Morgan fingerprint density at radius 1 is 0.786 bits per heavy atom. The number of phenolic OH excluding ortho intramolecular Hbond substituents is 1. The van der Waals surface area contributed by atoms with Gasteiger partial charge in [-0.3, -0.25) is 9.11 Å². The average molecular weight is 426 g/mol. The van der Waals surface area contributed by atoms with E-state index in [2.05, 4.69) is 10.2 Å². The lowest BCUT2D eigenvalue weighted by Gasteiger charge is -2.10. The van der Waals surface area contributed by atoms with E-state index >= 15 is 0 Å². The normalized spacial score (nSPS) is 12.2. The number of benzene rings is 3. The van der Waals surface area contributed by atoms with Gasteiger partial charge in [0.25, 0.3) is 20.2 Å². The zero-order valence-electron chi connectivity index (χ0n) is 13.9. The van der Waals surface area contributed by atoms with Gasteiger partial charge in [0.15, 0.2) is 0 Å².